The Hall–Kier alpha value is -1.84. The predicted octanol–water partition coefficient (Wildman–Crippen LogP) is 3.12. The second kappa shape index (κ2) is 6.36. The summed E-state index contributed by atoms with van der Waals surface area (Å²) >= 11 is 0. The second-order valence-electron chi connectivity index (χ2n) is 5.05. The van der Waals surface area contributed by atoms with Crippen LogP contribution >= 0.6 is 0 Å². The third-order valence-corrected chi connectivity index (χ3v) is 2.53. The maximum absolute atomic E-state index is 11.7. The van der Waals surface area contributed by atoms with Gasteiger partial charge in [0.05, 0.1) is 11.8 Å². The molecule has 4 nitrogen and oxygen atoms in total. The van der Waals surface area contributed by atoms with Crippen molar-refractivity contribution in [2.24, 2.45) is 11.8 Å². The molecule has 0 N–H and O–H groups in total. The summed E-state index contributed by atoms with van der Waals surface area (Å²) in [6.45, 7) is 8.80. The molecule has 0 aromatic heterocycles. The van der Waals surface area contributed by atoms with Gasteiger partial charge in [-0.05, 0) is 18.6 Å². The maximum atomic E-state index is 11.7. The van der Waals surface area contributed by atoms with E-state index in [-0.39, 0.29) is 29.5 Å². The number of carbonyl (C=O) groups excluding carboxylic acids is 2. The van der Waals surface area contributed by atoms with E-state index in [4.69, 9.17) is 9.47 Å². The summed E-state index contributed by atoms with van der Waals surface area (Å²) < 4.78 is 10.6. The molecule has 1 aromatic carbocycles. The average molecular weight is 264 g/mol. The van der Waals surface area contributed by atoms with Gasteiger partial charge in [-0.25, -0.2) is 0 Å². The van der Waals surface area contributed by atoms with Crippen LogP contribution in [0.3, 0.4) is 0 Å². The van der Waals surface area contributed by atoms with Crippen molar-refractivity contribution in [2.45, 2.75) is 34.6 Å². The zero-order valence-corrected chi connectivity index (χ0v) is 12.0. The van der Waals surface area contributed by atoms with Crippen molar-refractivity contribution in [1.82, 2.24) is 0 Å². The van der Waals surface area contributed by atoms with Gasteiger partial charge in [-0.2, -0.15) is 0 Å². The number of esters is 2. The molecule has 0 aliphatic rings. The van der Waals surface area contributed by atoms with Crippen molar-refractivity contribution < 1.29 is 19.1 Å². The Morgan fingerprint density at radius 1 is 0.947 bits per heavy atom. The number of hydrogen-bond acceptors (Lipinski definition) is 4. The minimum atomic E-state index is -0.354. The topological polar surface area (TPSA) is 52.6 Å². The summed E-state index contributed by atoms with van der Waals surface area (Å²) in [7, 11) is 0. The van der Waals surface area contributed by atoms with Crippen LogP contribution in [0.15, 0.2) is 18.2 Å². The fourth-order valence-electron chi connectivity index (χ4n) is 1.28. The molecule has 0 fully saturated rings. The van der Waals surface area contributed by atoms with Gasteiger partial charge < -0.3 is 9.47 Å². The van der Waals surface area contributed by atoms with E-state index >= 15 is 0 Å². The molecular weight excluding hydrogens is 244 g/mol. The quantitative estimate of drug-likeness (QED) is 0.619. The summed E-state index contributed by atoms with van der Waals surface area (Å²) in [6, 6.07) is 5.18. The molecule has 0 spiro atoms. The van der Waals surface area contributed by atoms with E-state index < -0.39 is 0 Å². The number of benzene rings is 1. The monoisotopic (exact) mass is 264 g/mol. The number of rotatable bonds is 4. The molecule has 0 aliphatic heterocycles. The van der Waals surface area contributed by atoms with Crippen molar-refractivity contribution in [3.63, 3.8) is 0 Å². The lowest BCUT2D eigenvalue weighted by molar-refractivity contribution is -0.140. The van der Waals surface area contributed by atoms with Gasteiger partial charge in [0.25, 0.3) is 0 Å². The van der Waals surface area contributed by atoms with E-state index in [2.05, 4.69) is 0 Å². The number of carbonyl (C=O) groups is 2. The molecule has 0 atom stereocenters. The van der Waals surface area contributed by atoms with Crippen molar-refractivity contribution in [2.75, 3.05) is 0 Å². The Morgan fingerprint density at radius 3 is 2.00 bits per heavy atom. The molecule has 104 valence electrons. The minimum absolute atomic E-state index is 0.242. The summed E-state index contributed by atoms with van der Waals surface area (Å²) in [5, 5.41) is 0. The van der Waals surface area contributed by atoms with Crippen molar-refractivity contribution >= 4 is 11.9 Å². The smallest absolute Gasteiger partial charge is 0.313 e. The van der Waals surface area contributed by atoms with Crippen LogP contribution in [-0.2, 0) is 9.59 Å². The minimum Gasteiger partial charge on any atom is -0.422 e. The Balaban J connectivity index is 3.02. The first-order valence-electron chi connectivity index (χ1n) is 6.36. The lowest BCUT2D eigenvalue weighted by Gasteiger charge is -2.14. The van der Waals surface area contributed by atoms with Crippen LogP contribution in [-0.4, -0.2) is 11.9 Å². The molecule has 19 heavy (non-hydrogen) atoms. The van der Waals surface area contributed by atoms with E-state index in [1.165, 1.54) is 0 Å². The average Bonchev–Trinajstić information content (AvgIpc) is 2.32. The van der Waals surface area contributed by atoms with Gasteiger partial charge in [0.15, 0.2) is 11.5 Å². The zero-order chi connectivity index (χ0) is 14.6. The Morgan fingerprint density at radius 2 is 1.47 bits per heavy atom. The number of para-hydroxylation sites is 1. The van der Waals surface area contributed by atoms with Crippen LogP contribution in [0.1, 0.15) is 33.3 Å². The van der Waals surface area contributed by atoms with E-state index in [9.17, 15) is 9.59 Å². The first-order valence-corrected chi connectivity index (χ1v) is 6.36. The summed E-state index contributed by atoms with van der Waals surface area (Å²) in [4.78, 5) is 23.3. The van der Waals surface area contributed by atoms with Crippen LogP contribution in [0, 0.1) is 18.8 Å². The molecule has 0 bridgehead atoms. The summed E-state index contributed by atoms with van der Waals surface area (Å²) in [5.74, 6) is -0.589. The first-order chi connectivity index (χ1) is 8.82. The van der Waals surface area contributed by atoms with Gasteiger partial charge in [-0.1, -0.05) is 39.8 Å². The van der Waals surface area contributed by atoms with Gasteiger partial charge in [0.1, 0.15) is 0 Å². The molecule has 0 amide bonds. The highest BCUT2D eigenvalue weighted by Gasteiger charge is 2.18. The lowest BCUT2D eigenvalue weighted by Crippen LogP contribution is -2.18. The van der Waals surface area contributed by atoms with Crippen molar-refractivity contribution in [3.05, 3.63) is 23.8 Å². The molecule has 1 aromatic rings. The highest BCUT2D eigenvalue weighted by atomic mass is 16.6. The van der Waals surface area contributed by atoms with E-state index in [0.717, 1.165) is 5.56 Å². The number of ether oxygens (including phenoxy) is 2. The summed E-state index contributed by atoms with van der Waals surface area (Å²) in [5.41, 5.74) is 0.753. The van der Waals surface area contributed by atoms with Crippen LogP contribution in [0.25, 0.3) is 0 Å². The molecule has 4 heteroatoms. The van der Waals surface area contributed by atoms with Gasteiger partial charge in [-0.3, -0.25) is 9.59 Å². The van der Waals surface area contributed by atoms with Crippen molar-refractivity contribution in [1.29, 1.82) is 0 Å². The number of aryl methyl sites for hydroxylation is 1. The highest BCUT2D eigenvalue weighted by Crippen LogP contribution is 2.32. The Labute approximate surface area is 113 Å². The normalized spacial score (nSPS) is 10.7. The van der Waals surface area contributed by atoms with E-state index in [1.807, 2.05) is 0 Å². The molecular formula is C15H20O4. The van der Waals surface area contributed by atoms with E-state index in [0.29, 0.717) is 5.75 Å². The molecule has 0 saturated heterocycles. The van der Waals surface area contributed by atoms with Gasteiger partial charge in [0, 0.05) is 0 Å². The van der Waals surface area contributed by atoms with Crippen LogP contribution in [0.5, 0.6) is 11.5 Å². The molecule has 0 aliphatic carbocycles. The van der Waals surface area contributed by atoms with E-state index in [1.54, 1.807) is 52.8 Å². The second-order valence-corrected chi connectivity index (χ2v) is 5.05. The fourth-order valence-corrected chi connectivity index (χ4v) is 1.28. The Bertz CT molecular complexity index is 475. The van der Waals surface area contributed by atoms with Gasteiger partial charge in [0.2, 0.25) is 0 Å². The first kappa shape index (κ1) is 15.2. The standard InChI is InChI=1S/C15H20O4/c1-9(2)14(16)18-12-8-6-7-11(5)13(12)19-15(17)10(3)4/h6-10H,1-5H3. The van der Waals surface area contributed by atoms with Gasteiger partial charge >= 0.3 is 11.9 Å². The molecule has 0 radical (unpaired) electrons. The molecule has 0 heterocycles. The predicted molar refractivity (Wildman–Crippen MR) is 72.1 cm³/mol. The van der Waals surface area contributed by atoms with Crippen molar-refractivity contribution in [3.8, 4) is 11.5 Å². The lowest BCUT2D eigenvalue weighted by atomic mass is 10.2. The third kappa shape index (κ3) is 4.09. The maximum Gasteiger partial charge on any atom is 0.313 e. The molecule has 1 rings (SSSR count). The highest BCUT2D eigenvalue weighted by molar-refractivity contribution is 5.78. The molecule has 0 unspecified atom stereocenters. The zero-order valence-electron chi connectivity index (χ0n) is 12.0. The third-order valence-electron chi connectivity index (χ3n) is 2.53. The number of hydrogen-bond donors (Lipinski definition) is 0. The van der Waals surface area contributed by atoms with Crippen LogP contribution in [0.2, 0.25) is 0 Å². The Kier molecular flexibility index (Phi) is 5.10. The summed E-state index contributed by atoms with van der Waals surface area (Å²) in [6.07, 6.45) is 0. The van der Waals surface area contributed by atoms with Gasteiger partial charge in [-0.15, -0.1) is 0 Å². The SMILES string of the molecule is Cc1cccc(OC(=O)C(C)C)c1OC(=O)C(C)C. The van der Waals surface area contributed by atoms with Crippen LogP contribution in [0.4, 0.5) is 0 Å². The largest absolute Gasteiger partial charge is 0.422 e. The van der Waals surface area contributed by atoms with Crippen LogP contribution < -0.4 is 9.47 Å². The molecule has 0 saturated carbocycles. The fraction of sp³-hybridized carbons (Fsp3) is 0.467.